The molecule has 1 aromatic rings. The molecular weight excluding hydrogens is 260 g/mol. The van der Waals surface area contributed by atoms with E-state index in [0.717, 1.165) is 25.1 Å². The first-order valence-corrected chi connectivity index (χ1v) is 7.77. The molecule has 0 radical (unpaired) electrons. The van der Waals surface area contributed by atoms with Crippen LogP contribution in [0.3, 0.4) is 0 Å². The maximum absolute atomic E-state index is 9.05. The summed E-state index contributed by atoms with van der Waals surface area (Å²) in [6.07, 6.45) is 1.84. The van der Waals surface area contributed by atoms with Crippen molar-refractivity contribution >= 4 is 0 Å². The van der Waals surface area contributed by atoms with Gasteiger partial charge < -0.3 is 10.1 Å². The fourth-order valence-corrected chi connectivity index (χ4v) is 2.08. The summed E-state index contributed by atoms with van der Waals surface area (Å²) in [4.78, 5) is 0. The van der Waals surface area contributed by atoms with Gasteiger partial charge in [-0.25, -0.2) is 0 Å². The summed E-state index contributed by atoms with van der Waals surface area (Å²) in [5, 5.41) is 12.6. The van der Waals surface area contributed by atoms with Crippen LogP contribution in [0, 0.1) is 23.7 Å². The van der Waals surface area contributed by atoms with Crippen molar-refractivity contribution in [2.45, 2.75) is 53.5 Å². The van der Waals surface area contributed by atoms with Crippen LogP contribution in [-0.2, 0) is 0 Å². The van der Waals surface area contributed by atoms with Crippen molar-refractivity contribution in [2.75, 3.05) is 13.2 Å². The monoisotopic (exact) mass is 288 g/mol. The second-order valence-corrected chi connectivity index (χ2v) is 6.31. The molecule has 1 atom stereocenters. The molecule has 21 heavy (non-hydrogen) atoms. The van der Waals surface area contributed by atoms with Crippen molar-refractivity contribution in [3.05, 3.63) is 29.3 Å². The first-order chi connectivity index (χ1) is 9.89. The van der Waals surface area contributed by atoms with E-state index in [9.17, 15) is 0 Å². The van der Waals surface area contributed by atoms with E-state index >= 15 is 0 Å². The Balaban J connectivity index is 2.75. The number of nitrogens with one attached hydrogen (secondary N) is 1. The predicted octanol–water partition coefficient (Wildman–Crippen LogP) is 4.37. The largest absolute Gasteiger partial charge is 0.493 e. The molecule has 0 aliphatic carbocycles. The van der Waals surface area contributed by atoms with E-state index in [1.807, 2.05) is 19.9 Å². The van der Waals surface area contributed by atoms with Gasteiger partial charge in [0.15, 0.2) is 0 Å². The van der Waals surface area contributed by atoms with E-state index in [0.29, 0.717) is 6.61 Å². The van der Waals surface area contributed by atoms with Crippen molar-refractivity contribution < 1.29 is 4.74 Å². The molecule has 0 aromatic heterocycles. The Morgan fingerprint density at radius 1 is 1.38 bits per heavy atom. The van der Waals surface area contributed by atoms with Crippen molar-refractivity contribution in [3.63, 3.8) is 0 Å². The molecule has 0 aliphatic heterocycles. The Labute approximate surface area is 129 Å². The minimum absolute atomic E-state index is 0.267. The smallest absolute Gasteiger partial charge is 0.124 e. The SMILES string of the molecule is CCCNC(C)c1cc(C)ccc1OCCC(C)(C)C#N. The Morgan fingerprint density at radius 2 is 2.10 bits per heavy atom. The van der Waals surface area contributed by atoms with Gasteiger partial charge in [0.25, 0.3) is 0 Å². The summed E-state index contributed by atoms with van der Waals surface area (Å²) in [5.41, 5.74) is 2.09. The van der Waals surface area contributed by atoms with Gasteiger partial charge in [-0.15, -0.1) is 0 Å². The standard InChI is InChI=1S/C18H28N2O/c1-6-10-20-15(3)16-12-14(2)7-8-17(16)21-11-9-18(4,5)13-19/h7-8,12,15,20H,6,9-11H2,1-5H3. The molecule has 0 fully saturated rings. The van der Waals surface area contributed by atoms with Gasteiger partial charge in [0, 0.05) is 11.6 Å². The van der Waals surface area contributed by atoms with Crippen LogP contribution < -0.4 is 10.1 Å². The lowest BCUT2D eigenvalue weighted by molar-refractivity contribution is 0.260. The highest BCUT2D eigenvalue weighted by molar-refractivity contribution is 5.39. The highest BCUT2D eigenvalue weighted by atomic mass is 16.5. The third kappa shape index (κ3) is 5.77. The molecular formula is C18H28N2O. The van der Waals surface area contributed by atoms with Crippen LogP contribution in [-0.4, -0.2) is 13.2 Å². The molecule has 1 aromatic carbocycles. The van der Waals surface area contributed by atoms with Crippen LogP contribution in [0.1, 0.15) is 57.7 Å². The normalized spacial score (nSPS) is 12.8. The van der Waals surface area contributed by atoms with E-state index in [4.69, 9.17) is 10.00 Å². The summed E-state index contributed by atoms with van der Waals surface area (Å²) in [6, 6.07) is 8.86. The van der Waals surface area contributed by atoms with Gasteiger partial charge >= 0.3 is 0 Å². The zero-order chi connectivity index (χ0) is 15.9. The molecule has 1 rings (SSSR count). The number of hydrogen-bond acceptors (Lipinski definition) is 3. The lowest BCUT2D eigenvalue weighted by atomic mass is 9.92. The molecule has 1 N–H and O–H groups in total. The topological polar surface area (TPSA) is 45.0 Å². The van der Waals surface area contributed by atoms with Crippen LogP contribution in [0.2, 0.25) is 0 Å². The number of benzene rings is 1. The molecule has 0 saturated heterocycles. The summed E-state index contributed by atoms with van der Waals surface area (Å²) in [5.74, 6) is 0.922. The average Bonchev–Trinajstić information content (AvgIpc) is 2.46. The van der Waals surface area contributed by atoms with Gasteiger partial charge in [0.2, 0.25) is 0 Å². The first kappa shape index (κ1) is 17.5. The van der Waals surface area contributed by atoms with Gasteiger partial charge in [0.1, 0.15) is 5.75 Å². The van der Waals surface area contributed by atoms with Crippen molar-refractivity contribution in [3.8, 4) is 11.8 Å². The second kappa shape index (κ2) is 8.05. The summed E-state index contributed by atoms with van der Waals surface area (Å²) >= 11 is 0. The highest BCUT2D eigenvalue weighted by Crippen LogP contribution is 2.27. The number of aryl methyl sites for hydroxylation is 1. The molecule has 0 aliphatic rings. The molecule has 0 heterocycles. The third-order valence-corrected chi connectivity index (χ3v) is 3.62. The molecule has 3 nitrogen and oxygen atoms in total. The number of ether oxygens (including phenoxy) is 1. The molecule has 0 bridgehead atoms. The molecule has 0 saturated carbocycles. The van der Waals surface area contributed by atoms with Crippen LogP contribution in [0.25, 0.3) is 0 Å². The fraction of sp³-hybridized carbons (Fsp3) is 0.611. The van der Waals surface area contributed by atoms with Crippen LogP contribution in [0.4, 0.5) is 0 Å². The maximum atomic E-state index is 9.05. The van der Waals surface area contributed by atoms with Gasteiger partial charge in [-0.1, -0.05) is 24.6 Å². The Bertz CT molecular complexity index is 488. The van der Waals surface area contributed by atoms with Gasteiger partial charge in [-0.3, -0.25) is 0 Å². The van der Waals surface area contributed by atoms with E-state index in [1.165, 1.54) is 11.1 Å². The minimum atomic E-state index is -0.336. The second-order valence-electron chi connectivity index (χ2n) is 6.31. The van der Waals surface area contributed by atoms with E-state index < -0.39 is 0 Å². The van der Waals surface area contributed by atoms with Crippen LogP contribution in [0.15, 0.2) is 18.2 Å². The van der Waals surface area contributed by atoms with Crippen LogP contribution in [0.5, 0.6) is 5.75 Å². The molecule has 1 unspecified atom stereocenters. The highest BCUT2D eigenvalue weighted by Gasteiger charge is 2.17. The third-order valence-electron chi connectivity index (χ3n) is 3.62. The summed E-state index contributed by atoms with van der Waals surface area (Å²) < 4.78 is 5.94. The summed E-state index contributed by atoms with van der Waals surface area (Å²) in [6.45, 7) is 11.9. The van der Waals surface area contributed by atoms with E-state index in [2.05, 4.69) is 44.3 Å². The van der Waals surface area contributed by atoms with E-state index in [-0.39, 0.29) is 11.5 Å². The van der Waals surface area contributed by atoms with Gasteiger partial charge in [-0.2, -0.15) is 5.26 Å². The van der Waals surface area contributed by atoms with Crippen molar-refractivity contribution in [1.82, 2.24) is 5.32 Å². The van der Waals surface area contributed by atoms with Crippen molar-refractivity contribution in [2.24, 2.45) is 5.41 Å². The number of nitrogens with zero attached hydrogens (tertiary/aromatic N) is 1. The zero-order valence-electron chi connectivity index (χ0n) is 14.0. The quantitative estimate of drug-likeness (QED) is 0.772. The van der Waals surface area contributed by atoms with E-state index in [1.54, 1.807) is 0 Å². The lowest BCUT2D eigenvalue weighted by Gasteiger charge is -2.20. The maximum Gasteiger partial charge on any atom is 0.124 e. The Hall–Kier alpha value is -1.53. The van der Waals surface area contributed by atoms with Crippen LogP contribution >= 0.6 is 0 Å². The van der Waals surface area contributed by atoms with Gasteiger partial charge in [-0.05, 0) is 53.1 Å². The van der Waals surface area contributed by atoms with Crippen molar-refractivity contribution in [1.29, 1.82) is 5.26 Å². The first-order valence-electron chi connectivity index (χ1n) is 7.77. The summed E-state index contributed by atoms with van der Waals surface area (Å²) in [7, 11) is 0. The predicted molar refractivity (Wildman–Crippen MR) is 87.4 cm³/mol. The zero-order valence-corrected chi connectivity index (χ0v) is 14.0. The van der Waals surface area contributed by atoms with Gasteiger partial charge in [0.05, 0.1) is 18.1 Å². The molecule has 0 amide bonds. The Kier molecular flexibility index (Phi) is 6.71. The number of rotatable bonds is 8. The average molecular weight is 288 g/mol. The fourth-order valence-electron chi connectivity index (χ4n) is 2.08. The Morgan fingerprint density at radius 3 is 2.71 bits per heavy atom. The number of hydrogen-bond donors (Lipinski definition) is 1. The lowest BCUT2D eigenvalue weighted by Crippen LogP contribution is -2.20. The molecule has 116 valence electrons. The minimum Gasteiger partial charge on any atom is -0.493 e. The molecule has 0 spiro atoms. The number of nitriles is 1. The molecule has 3 heteroatoms.